The molecular weight excluding hydrogens is 360 g/mol. The van der Waals surface area contributed by atoms with Crippen molar-refractivity contribution in [3.05, 3.63) is 45.9 Å². The minimum Gasteiger partial charge on any atom is -0.466 e. The van der Waals surface area contributed by atoms with E-state index in [1.165, 1.54) is 11.3 Å². The molecule has 1 aliphatic rings. The van der Waals surface area contributed by atoms with Crippen molar-refractivity contribution in [2.75, 3.05) is 11.9 Å². The number of rotatable bonds is 6. The van der Waals surface area contributed by atoms with Gasteiger partial charge < -0.3 is 10.1 Å². The Bertz CT molecular complexity index is 786. The number of nitrogens with one attached hydrogen (secondary N) is 1. The molecule has 1 aromatic carbocycles. The van der Waals surface area contributed by atoms with Gasteiger partial charge in [-0.25, -0.2) is 4.98 Å². The first-order valence-electron chi connectivity index (χ1n) is 8.21. The van der Waals surface area contributed by atoms with Crippen molar-refractivity contribution in [1.82, 2.24) is 4.98 Å². The summed E-state index contributed by atoms with van der Waals surface area (Å²) in [6.45, 7) is 2.10. The van der Waals surface area contributed by atoms with Crippen LogP contribution in [0.1, 0.15) is 37.4 Å². The van der Waals surface area contributed by atoms with Crippen LogP contribution in [0.4, 0.5) is 5.13 Å². The number of nitrogens with zero attached hydrogens (tertiary/aromatic N) is 1. The van der Waals surface area contributed by atoms with Gasteiger partial charge in [0.2, 0.25) is 5.91 Å². The highest BCUT2D eigenvalue weighted by atomic mass is 35.5. The Morgan fingerprint density at radius 2 is 2.20 bits per heavy atom. The number of thiazole rings is 1. The first-order chi connectivity index (χ1) is 12.0. The molecule has 1 fully saturated rings. The Kier molecular flexibility index (Phi) is 5.39. The highest BCUT2D eigenvalue weighted by Gasteiger charge is 2.45. The molecule has 0 bridgehead atoms. The molecule has 1 aromatic heterocycles. The molecule has 5 nitrogen and oxygen atoms in total. The topological polar surface area (TPSA) is 68.3 Å². The molecule has 2 aromatic rings. The number of benzene rings is 1. The number of esters is 1. The Hall–Kier alpha value is -1.92. The van der Waals surface area contributed by atoms with Crippen molar-refractivity contribution in [1.29, 1.82) is 0 Å². The third-order valence-corrected chi connectivity index (χ3v) is 5.46. The van der Waals surface area contributed by atoms with Crippen molar-refractivity contribution in [2.24, 2.45) is 0 Å². The van der Waals surface area contributed by atoms with Gasteiger partial charge in [-0.3, -0.25) is 9.59 Å². The van der Waals surface area contributed by atoms with Crippen LogP contribution in [-0.4, -0.2) is 23.5 Å². The van der Waals surface area contributed by atoms with E-state index in [9.17, 15) is 9.59 Å². The molecule has 1 saturated carbocycles. The number of hydrogen-bond donors (Lipinski definition) is 1. The molecule has 3 rings (SSSR count). The SMILES string of the molecule is CCOC(=O)Cc1csc(NC(=O)C2(c3cccc(Cl)c3)CCC2)n1. The summed E-state index contributed by atoms with van der Waals surface area (Å²) in [7, 11) is 0. The number of hydrogen-bond acceptors (Lipinski definition) is 5. The van der Waals surface area contributed by atoms with E-state index < -0.39 is 5.41 Å². The number of aromatic nitrogens is 1. The van der Waals surface area contributed by atoms with Crippen LogP contribution in [0.25, 0.3) is 0 Å². The third-order valence-electron chi connectivity index (χ3n) is 4.42. The van der Waals surface area contributed by atoms with Crippen LogP contribution in [0, 0.1) is 0 Å². The lowest BCUT2D eigenvalue weighted by molar-refractivity contribution is -0.142. The summed E-state index contributed by atoms with van der Waals surface area (Å²) in [6, 6.07) is 7.47. The van der Waals surface area contributed by atoms with Crippen LogP contribution in [-0.2, 0) is 26.2 Å². The lowest BCUT2D eigenvalue weighted by Crippen LogP contribution is -2.46. The Labute approximate surface area is 155 Å². The standard InChI is InChI=1S/C18H19ClN2O3S/c1-2-24-15(22)10-14-11-25-17(20-14)21-16(23)18(7-4-8-18)12-5-3-6-13(19)9-12/h3,5-6,9,11H,2,4,7-8,10H2,1H3,(H,20,21,23). The minimum atomic E-state index is -0.544. The molecule has 132 valence electrons. The van der Waals surface area contributed by atoms with Crippen molar-refractivity contribution < 1.29 is 14.3 Å². The largest absolute Gasteiger partial charge is 0.466 e. The number of carbonyl (C=O) groups excluding carboxylic acids is 2. The molecule has 0 aliphatic heterocycles. The van der Waals surface area contributed by atoms with Crippen molar-refractivity contribution in [2.45, 2.75) is 38.0 Å². The third kappa shape index (κ3) is 3.85. The van der Waals surface area contributed by atoms with Crippen LogP contribution in [0.3, 0.4) is 0 Å². The van der Waals surface area contributed by atoms with Gasteiger partial charge in [-0.2, -0.15) is 0 Å². The molecule has 25 heavy (non-hydrogen) atoms. The van der Waals surface area contributed by atoms with E-state index in [1.807, 2.05) is 18.2 Å². The Balaban J connectivity index is 1.71. The first-order valence-corrected chi connectivity index (χ1v) is 9.47. The zero-order valence-electron chi connectivity index (χ0n) is 13.9. The lowest BCUT2D eigenvalue weighted by atomic mass is 9.64. The van der Waals surface area contributed by atoms with Gasteiger partial charge in [0.15, 0.2) is 5.13 Å². The van der Waals surface area contributed by atoms with Crippen molar-refractivity contribution in [3.63, 3.8) is 0 Å². The number of amides is 1. The molecule has 7 heteroatoms. The van der Waals surface area contributed by atoms with E-state index in [0.29, 0.717) is 22.5 Å². The predicted molar refractivity (Wildman–Crippen MR) is 98.1 cm³/mol. The van der Waals surface area contributed by atoms with Crippen LogP contribution in [0.15, 0.2) is 29.6 Å². The summed E-state index contributed by atoms with van der Waals surface area (Å²) >= 11 is 7.40. The lowest BCUT2D eigenvalue weighted by Gasteiger charge is -2.40. The zero-order chi connectivity index (χ0) is 17.9. The molecule has 1 heterocycles. The van der Waals surface area contributed by atoms with Crippen molar-refractivity contribution in [3.8, 4) is 0 Å². The van der Waals surface area contributed by atoms with Gasteiger partial charge in [0.25, 0.3) is 0 Å². The van der Waals surface area contributed by atoms with Crippen LogP contribution < -0.4 is 5.32 Å². The smallest absolute Gasteiger partial charge is 0.311 e. The summed E-state index contributed by atoms with van der Waals surface area (Å²) < 4.78 is 4.91. The van der Waals surface area contributed by atoms with E-state index in [4.69, 9.17) is 16.3 Å². The highest BCUT2D eigenvalue weighted by Crippen LogP contribution is 2.45. The zero-order valence-corrected chi connectivity index (χ0v) is 15.5. The molecule has 0 radical (unpaired) electrons. The van der Waals surface area contributed by atoms with Gasteiger partial charge in [0.1, 0.15) is 0 Å². The summed E-state index contributed by atoms with van der Waals surface area (Å²) in [5.74, 6) is -0.391. The molecule has 0 saturated heterocycles. The number of ether oxygens (including phenoxy) is 1. The monoisotopic (exact) mass is 378 g/mol. The number of anilines is 1. The maximum Gasteiger partial charge on any atom is 0.311 e. The van der Waals surface area contributed by atoms with Gasteiger partial charge in [0, 0.05) is 10.4 Å². The summed E-state index contributed by atoms with van der Waals surface area (Å²) in [6.07, 6.45) is 2.70. The highest BCUT2D eigenvalue weighted by molar-refractivity contribution is 7.14. The average Bonchev–Trinajstić information content (AvgIpc) is 2.93. The summed E-state index contributed by atoms with van der Waals surface area (Å²) in [5, 5.41) is 5.79. The van der Waals surface area contributed by atoms with Crippen LogP contribution in [0.2, 0.25) is 5.02 Å². The molecule has 1 aliphatic carbocycles. The van der Waals surface area contributed by atoms with Gasteiger partial charge in [-0.15, -0.1) is 11.3 Å². The molecule has 1 N–H and O–H groups in total. The molecule has 0 spiro atoms. The van der Waals surface area contributed by atoms with E-state index in [1.54, 1.807) is 18.4 Å². The van der Waals surface area contributed by atoms with Gasteiger partial charge in [0.05, 0.1) is 24.1 Å². The fourth-order valence-corrected chi connectivity index (χ4v) is 3.88. The number of halogens is 1. The van der Waals surface area contributed by atoms with Gasteiger partial charge >= 0.3 is 5.97 Å². The van der Waals surface area contributed by atoms with E-state index in [0.717, 1.165) is 24.8 Å². The Morgan fingerprint density at radius 3 is 2.84 bits per heavy atom. The summed E-state index contributed by atoms with van der Waals surface area (Å²) in [4.78, 5) is 28.7. The van der Waals surface area contributed by atoms with Crippen LogP contribution in [0.5, 0.6) is 0 Å². The van der Waals surface area contributed by atoms with E-state index >= 15 is 0 Å². The van der Waals surface area contributed by atoms with Gasteiger partial charge in [-0.1, -0.05) is 30.2 Å². The predicted octanol–water partition coefficient (Wildman–Crippen LogP) is 3.96. The van der Waals surface area contributed by atoms with Crippen molar-refractivity contribution >= 4 is 39.9 Å². The summed E-state index contributed by atoms with van der Waals surface area (Å²) in [5.41, 5.74) is 0.994. The normalized spacial score (nSPS) is 15.3. The second-order valence-electron chi connectivity index (χ2n) is 6.03. The van der Waals surface area contributed by atoms with Gasteiger partial charge in [-0.05, 0) is 37.5 Å². The molecule has 0 atom stereocenters. The quantitative estimate of drug-likeness (QED) is 0.772. The fraction of sp³-hybridized carbons (Fsp3) is 0.389. The maximum atomic E-state index is 12.9. The second kappa shape index (κ2) is 7.54. The maximum absolute atomic E-state index is 12.9. The Morgan fingerprint density at radius 1 is 1.40 bits per heavy atom. The minimum absolute atomic E-state index is 0.0712. The van der Waals surface area contributed by atoms with E-state index in [-0.39, 0.29) is 18.3 Å². The number of carbonyl (C=O) groups is 2. The average molecular weight is 379 g/mol. The fourth-order valence-electron chi connectivity index (χ4n) is 2.99. The molecule has 1 amide bonds. The van der Waals surface area contributed by atoms with E-state index in [2.05, 4.69) is 10.3 Å². The van der Waals surface area contributed by atoms with Crippen LogP contribution >= 0.6 is 22.9 Å². The molecule has 0 unspecified atom stereocenters. The first kappa shape index (κ1) is 17.9. The second-order valence-corrected chi connectivity index (χ2v) is 7.32. The molecular formula is C18H19ClN2O3S.